The van der Waals surface area contributed by atoms with Crippen LogP contribution in [-0.2, 0) is 0 Å². The zero-order valence-corrected chi connectivity index (χ0v) is 11.1. The number of piperidine rings is 1. The van der Waals surface area contributed by atoms with Crippen LogP contribution >= 0.6 is 0 Å². The fourth-order valence-corrected chi connectivity index (χ4v) is 3.35. The van der Waals surface area contributed by atoms with Crippen molar-refractivity contribution in [2.75, 3.05) is 33.7 Å². The lowest BCUT2D eigenvalue weighted by atomic mass is 9.79. The molecule has 0 aromatic carbocycles. The maximum Gasteiger partial charge on any atom is 0.0120 e. The number of hydrogen-bond donors (Lipinski definition) is 0. The maximum absolute atomic E-state index is 2.59. The van der Waals surface area contributed by atoms with Crippen LogP contribution < -0.4 is 0 Å². The van der Waals surface area contributed by atoms with E-state index in [-0.39, 0.29) is 0 Å². The minimum Gasteiger partial charge on any atom is -0.306 e. The minimum atomic E-state index is 0.956. The van der Waals surface area contributed by atoms with E-state index in [4.69, 9.17) is 0 Å². The summed E-state index contributed by atoms with van der Waals surface area (Å²) in [5, 5.41) is 0. The Hall–Kier alpha value is -0.0800. The summed E-state index contributed by atoms with van der Waals surface area (Å²) in [5.41, 5.74) is 0. The molecule has 2 aliphatic heterocycles. The van der Waals surface area contributed by atoms with Crippen LogP contribution in [0.2, 0.25) is 0 Å². The summed E-state index contributed by atoms with van der Waals surface area (Å²) in [6, 6.07) is 0.956. The van der Waals surface area contributed by atoms with Crippen LogP contribution in [0.5, 0.6) is 0 Å². The van der Waals surface area contributed by atoms with Gasteiger partial charge in [-0.15, -0.1) is 0 Å². The van der Waals surface area contributed by atoms with Crippen molar-refractivity contribution in [3.05, 3.63) is 0 Å². The number of nitrogens with zero attached hydrogens (tertiary/aromatic N) is 2. The van der Waals surface area contributed by atoms with Gasteiger partial charge in [0.1, 0.15) is 0 Å². The lowest BCUT2D eigenvalue weighted by Gasteiger charge is -2.42. The smallest absolute Gasteiger partial charge is 0.0120 e. The molecule has 0 bridgehead atoms. The second-order valence-electron chi connectivity index (χ2n) is 5.89. The number of rotatable bonds is 0. The van der Waals surface area contributed by atoms with E-state index in [0.29, 0.717) is 0 Å². The third kappa shape index (κ3) is 3.21. The summed E-state index contributed by atoms with van der Waals surface area (Å²) >= 11 is 0. The molecule has 1 saturated carbocycles. The van der Waals surface area contributed by atoms with Crippen molar-refractivity contribution in [2.45, 2.75) is 51.0 Å². The molecule has 0 N–H and O–H groups in total. The molecule has 2 saturated heterocycles. The van der Waals surface area contributed by atoms with Crippen molar-refractivity contribution >= 4 is 0 Å². The molecule has 2 atom stereocenters. The Morgan fingerprint density at radius 2 is 1.38 bits per heavy atom. The van der Waals surface area contributed by atoms with Gasteiger partial charge in [0.05, 0.1) is 0 Å². The average Bonchev–Trinajstić information content (AvgIpc) is 2.28. The lowest BCUT2D eigenvalue weighted by Crippen LogP contribution is -2.44. The van der Waals surface area contributed by atoms with Gasteiger partial charge in [-0.05, 0) is 71.8 Å². The van der Waals surface area contributed by atoms with E-state index in [1.54, 1.807) is 0 Å². The van der Waals surface area contributed by atoms with Gasteiger partial charge in [0, 0.05) is 6.04 Å². The minimum absolute atomic E-state index is 0.956. The summed E-state index contributed by atoms with van der Waals surface area (Å²) in [5.74, 6) is 1.06. The fraction of sp³-hybridized carbons (Fsp3) is 1.00. The van der Waals surface area contributed by atoms with E-state index in [0.717, 1.165) is 12.0 Å². The normalized spacial score (nSPS) is 35.6. The molecule has 0 aromatic rings. The van der Waals surface area contributed by atoms with Crippen molar-refractivity contribution in [1.29, 1.82) is 0 Å². The van der Waals surface area contributed by atoms with Crippen LogP contribution in [0.1, 0.15) is 44.9 Å². The van der Waals surface area contributed by atoms with Crippen LogP contribution in [0.15, 0.2) is 0 Å². The summed E-state index contributed by atoms with van der Waals surface area (Å²) in [6.45, 7) is 3.99. The predicted molar refractivity (Wildman–Crippen MR) is 69.7 cm³/mol. The summed E-state index contributed by atoms with van der Waals surface area (Å²) in [6.07, 6.45) is 10.3. The van der Waals surface area contributed by atoms with E-state index < -0.39 is 0 Å². The number of fused-ring (bicyclic) bond motifs is 1. The van der Waals surface area contributed by atoms with Crippen LogP contribution in [0.25, 0.3) is 0 Å². The molecule has 2 unspecified atom stereocenters. The van der Waals surface area contributed by atoms with E-state index in [1.165, 1.54) is 64.6 Å². The highest BCUT2D eigenvalue weighted by Crippen LogP contribution is 2.34. The predicted octanol–water partition coefficient (Wildman–Crippen LogP) is 2.59. The number of hydrogen-bond acceptors (Lipinski definition) is 2. The van der Waals surface area contributed by atoms with Gasteiger partial charge in [0.15, 0.2) is 0 Å². The molecule has 0 amide bonds. The first-order valence-corrected chi connectivity index (χ1v) is 7.16. The standard InChI is InChI=1S/C10H19N.C4H9N/c1-11-8-4-6-9-5-2-3-7-10(9)11;1-5-3-2-4-5/h9-10H,2-8H2,1H3;2-4H2,1H3. The zero-order chi connectivity index (χ0) is 11.4. The Morgan fingerprint density at radius 3 is 1.94 bits per heavy atom. The van der Waals surface area contributed by atoms with Crippen LogP contribution in [0.3, 0.4) is 0 Å². The van der Waals surface area contributed by atoms with E-state index >= 15 is 0 Å². The molecule has 0 spiro atoms. The maximum atomic E-state index is 2.59. The van der Waals surface area contributed by atoms with Gasteiger partial charge in [-0.2, -0.15) is 0 Å². The monoisotopic (exact) mass is 224 g/mol. The van der Waals surface area contributed by atoms with Crippen molar-refractivity contribution in [3.63, 3.8) is 0 Å². The first kappa shape index (κ1) is 12.4. The first-order valence-electron chi connectivity index (χ1n) is 7.16. The number of likely N-dealkylation sites (tertiary alicyclic amines) is 2. The van der Waals surface area contributed by atoms with Gasteiger partial charge in [-0.1, -0.05) is 12.8 Å². The second-order valence-corrected chi connectivity index (χ2v) is 5.89. The Bertz CT molecular complexity index is 199. The topological polar surface area (TPSA) is 6.48 Å². The molecule has 0 aromatic heterocycles. The SMILES string of the molecule is CN1CCC1.CN1CCCC2CCCCC21. The van der Waals surface area contributed by atoms with Crippen LogP contribution in [0, 0.1) is 5.92 Å². The van der Waals surface area contributed by atoms with Crippen molar-refractivity contribution in [1.82, 2.24) is 9.80 Å². The van der Waals surface area contributed by atoms with Gasteiger partial charge >= 0.3 is 0 Å². The van der Waals surface area contributed by atoms with Gasteiger partial charge in [0.2, 0.25) is 0 Å². The molecule has 3 fully saturated rings. The first-order chi connectivity index (χ1) is 7.77. The molecular weight excluding hydrogens is 196 g/mol. The highest BCUT2D eigenvalue weighted by Gasteiger charge is 2.30. The molecule has 3 aliphatic rings. The van der Waals surface area contributed by atoms with Crippen molar-refractivity contribution in [2.24, 2.45) is 5.92 Å². The molecule has 2 heterocycles. The van der Waals surface area contributed by atoms with Gasteiger partial charge in [0.25, 0.3) is 0 Å². The lowest BCUT2D eigenvalue weighted by molar-refractivity contribution is 0.0841. The summed E-state index contributed by atoms with van der Waals surface area (Å²) in [7, 11) is 4.45. The zero-order valence-electron chi connectivity index (χ0n) is 11.1. The largest absolute Gasteiger partial charge is 0.306 e. The molecule has 1 aliphatic carbocycles. The molecule has 94 valence electrons. The Labute approximate surface area is 101 Å². The quantitative estimate of drug-likeness (QED) is 0.624. The average molecular weight is 224 g/mol. The van der Waals surface area contributed by atoms with Crippen molar-refractivity contribution in [3.8, 4) is 0 Å². The van der Waals surface area contributed by atoms with E-state index in [2.05, 4.69) is 23.9 Å². The molecule has 3 rings (SSSR count). The molecule has 2 heteroatoms. The van der Waals surface area contributed by atoms with E-state index in [9.17, 15) is 0 Å². The van der Waals surface area contributed by atoms with Gasteiger partial charge < -0.3 is 9.80 Å². The third-order valence-electron chi connectivity index (χ3n) is 4.60. The molecule has 16 heavy (non-hydrogen) atoms. The molecule has 2 nitrogen and oxygen atoms in total. The highest BCUT2D eigenvalue weighted by atomic mass is 15.1. The van der Waals surface area contributed by atoms with Crippen LogP contribution in [-0.4, -0.2) is 49.6 Å². The third-order valence-corrected chi connectivity index (χ3v) is 4.60. The van der Waals surface area contributed by atoms with Gasteiger partial charge in [-0.25, -0.2) is 0 Å². The van der Waals surface area contributed by atoms with Crippen molar-refractivity contribution < 1.29 is 0 Å². The summed E-state index contributed by atoms with van der Waals surface area (Å²) < 4.78 is 0. The van der Waals surface area contributed by atoms with Gasteiger partial charge in [-0.3, -0.25) is 0 Å². The molecule has 0 radical (unpaired) electrons. The Balaban J connectivity index is 0.000000162. The van der Waals surface area contributed by atoms with Crippen LogP contribution in [0.4, 0.5) is 0 Å². The highest BCUT2D eigenvalue weighted by molar-refractivity contribution is 4.85. The fourth-order valence-electron chi connectivity index (χ4n) is 3.35. The Morgan fingerprint density at radius 1 is 0.750 bits per heavy atom. The second kappa shape index (κ2) is 6.02. The van der Waals surface area contributed by atoms with E-state index in [1.807, 2.05) is 0 Å². The molecular formula is C14H28N2. The Kier molecular flexibility index (Phi) is 4.66. The summed E-state index contributed by atoms with van der Waals surface area (Å²) in [4.78, 5) is 4.90.